The molecule has 1 aromatic rings. The van der Waals surface area contributed by atoms with E-state index < -0.39 is 0 Å². The molecule has 16 heavy (non-hydrogen) atoms. The molecule has 0 atom stereocenters. The molecule has 0 spiro atoms. The summed E-state index contributed by atoms with van der Waals surface area (Å²) in [6, 6.07) is 4.66. The Morgan fingerprint density at radius 1 is 1.00 bits per heavy atom. The van der Waals surface area contributed by atoms with E-state index >= 15 is 0 Å². The summed E-state index contributed by atoms with van der Waals surface area (Å²) < 4.78 is 0. The summed E-state index contributed by atoms with van der Waals surface area (Å²) in [5.41, 5.74) is 6.81. The van der Waals surface area contributed by atoms with Crippen molar-refractivity contribution in [3.8, 4) is 0 Å². The van der Waals surface area contributed by atoms with E-state index in [1.54, 1.807) is 0 Å². The molecule has 1 aliphatic rings. The Bertz CT molecular complexity index is 434. The topological polar surface area (TPSA) is 0 Å². The van der Waals surface area contributed by atoms with Crippen LogP contribution in [0.3, 0.4) is 0 Å². The largest absolute Gasteiger partial charge is 0.0596 e. The Morgan fingerprint density at radius 3 is 2.25 bits per heavy atom. The monoisotopic (exact) mass is 212 g/mol. The molecule has 1 aliphatic carbocycles. The first-order chi connectivity index (χ1) is 7.49. The third-order valence-corrected chi connectivity index (χ3v) is 3.22. The van der Waals surface area contributed by atoms with Gasteiger partial charge in [0, 0.05) is 6.42 Å². The van der Waals surface area contributed by atoms with Crippen LogP contribution in [0, 0.1) is 6.42 Å². The van der Waals surface area contributed by atoms with Gasteiger partial charge in [-0.3, -0.25) is 0 Å². The minimum atomic E-state index is 0.580. The SMILES string of the molecule is CC1=Cc2c(cc(C(C)C)cc2C(C)C)[C]1. The van der Waals surface area contributed by atoms with Crippen LogP contribution in [0.5, 0.6) is 0 Å². The average Bonchev–Trinajstić information content (AvgIpc) is 2.55. The summed E-state index contributed by atoms with van der Waals surface area (Å²) in [7, 11) is 0. The van der Waals surface area contributed by atoms with Crippen molar-refractivity contribution in [1.29, 1.82) is 0 Å². The number of allylic oxidation sites excluding steroid dienone is 1. The standard InChI is InChI=1S/C16H20/c1-10(2)13-8-14-6-12(5)7-16(14)15(9-13)11(3)4/h7-11H,1-5H3. The number of fused-ring (bicyclic) bond motifs is 1. The lowest BCUT2D eigenvalue weighted by Crippen LogP contribution is -1.98. The highest BCUT2D eigenvalue weighted by Gasteiger charge is 2.18. The summed E-state index contributed by atoms with van der Waals surface area (Å²) in [5.74, 6) is 1.17. The van der Waals surface area contributed by atoms with Gasteiger partial charge in [-0.05, 0) is 41.0 Å². The quantitative estimate of drug-likeness (QED) is 0.662. The maximum absolute atomic E-state index is 3.45. The molecule has 1 aromatic carbocycles. The van der Waals surface area contributed by atoms with E-state index in [4.69, 9.17) is 0 Å². The third-order valence-electron chi connectivity index (χ3n) is 3.22. The highest BCUT2D eigenvalue weighted by atomic mass is 14.2. The number of hydrogen-bond acceptors (Lipinski definition) is 0. The van der Waals surface area contributed by atoms with Crippen LogP contribution < -0.4 is 0 Å². The van der Waals surface area contributed by atoms with Crippen molar-refractivity contribution < 1.29 is 0 Å². The van der Waals surface area contributed by atoms with Crippen molar-refractivity contribution in [3.05, 3.63) is 46.4 Å². The van der Waals surface area contributed by atoms with E-state index in [1.165, 1.54) is 27.8 Å². The molecule has 0 aliphatic heterocycles. The molecule has 0 heterocycles. The zero-order valence-electron chi connectivity index (χ0n) is 10.9. The molecule has 0 saturated heterocycles. The lowest BCUT2D eigenvalue weighted by atomic mass is 9.89. The van der Waals surface area contributed by atoms with Gasteiger partial charge >= 0.3 is 0 Å². The average molecular weight is 212 g/mol. The van der Waals surface area contributed by atoms with Crippen LogP contribution >= 0.6 is 0 Å². The van der Waals surface area contributed by atoms with Crippen molar-refractivity contribution in [2.45, 2.75) is 46.5 Å². The first kappa shape index (κ1) is 11.4. The Balaban J connectivity index is 2.57. The van der Waals surface area contributed by atoms with Crippen LogP contribution in [-0.2, 0) is 0 Å². The molecule has 0 unspecified atom stereocenters. The first-order valence-electron chi connectivity index (χ1n) is 6.12. The number of rotatable bonds is 2. The highest BCUT2D eigenvalue weighted by Crippen LogP contribution is 2.35. The summed E-state index contributed by atoms with van der Waals surface area (Å²) in [5, 5.41) is 0. The minimum absolute atomic E-state index is 0.580. The molecule has 84 valence electrons. The fraction of sp³-hybridized carbons (Fsp3) is 0.438. The van der Waals surface area contributed by atoms with Gasteiger partial charge in [0.1, 0.15) is 0 Å². The Kier molecular flexibility index (Phi) is 2.92. The second-order valence-electron chi connectivity index (χ2n) is 5.33. The van der Waals surface area contributed by atoms with Gasteiger partial charge in [0.2, 0.25) is 0 Å². The van der Waals surface area contributed by atoms with E-state index in [1.807, 2.05) is 0 Å². The van der Waals surface area contributed by atoms with Crippen LogP contribution in [0.4, 0.5) is 0 Å². The van der Waals surface area contributed by atoms with Gasteiger partial charge in [-0.25, -0.2) is 0 Å². The van der Waals surface area contributed by atoms with Crippen molar-refractivity contribution in [3.63, 3.8) is 0 Å². The molecule has 0 nitrogen and oxygen atoms in total. The Labute approximate surface area is 99.4 Å². The molecule has 0 bridgehead atoms. The number of benzene rings is 1. The van der Waals surface area contributed by atoms with Gasteiger partial charge in [-0.2, -0.15) is 0 Å². The maximum Gasteiger partial charge on any atom is 0.0461 e. The molecule has 0 saturated carbocycles. The lowest BCUT2D eigenvalue weighted by molar-refractivity contribution is 0.830. The predicted octanol–water partition coefficient (Wildman–Crippen LogP) is 4.78. The second-order valence-corrected chi connectivity index (χ2v) is 5.33. The van der Waals surface area contributed by atoms with E-state index in [0.29, 0.717) is 11.8 Å². The van der Waals surface area contributed by atoms with Crippen LogP contribution in [0.25, 0.3) is 6.08 Å². The molecule has 2 rings (SSSR count). The smallest absolute Gasteiger partial charge is 0.0461 e. The normalized spacial score (nSPS) is 14.6. The predicted molar refractivity (Wildman–Crippen MR) is 70.6 cm³/mol. The van der Waals surface area contributed by atoms with Crippen molar-refractivity contribution in [1.82, 2.24) is 0 Å². The summed E-state index contributed by atoms with van der Waals surface area (Å²) in [6.07, 6.45) is 5.71. The van der Waals surface area contributed by atoms with Gasteiger partial charge in [-0.1, -0.05) is 51.5 Å². The zero-order valence-corrected chi connectivity index (χ0v) is 10.9. The molecule has 0 heteroatoms. The summed E-state index contributed by atoms with van der Waals surface area (Å²) >= 11 is 0. The molecule has 0 amide bonds. The Morgan fingerprint density at radius 2 is 1.69 bits per heavy atom. The van der Waals surface area contributed by atoms with Crippen LogP contribution in [0.15, 0.2) is 17.7 Å². The Hall–Kier alpha value is -1.04. The van der Waals surface area contributed by atoms with Crippen LogP contribution in [-0.4, -0.2) is 0 Å². The summed E-state index contributed by atoms with van der Waals surface area (Å²) in [6.45, 7) is 11.2. The fourth-order valence-corrected chi connectivity index (χ4v) is 2.24. The van der Waals surface area contributed by atoms with Crippen molar-refractivity contribution in [2.75, 3.05) is 0 Å². The molecule has 0 aromatic heterocycles. The van der Waals surface area contributed by atoms with E-state index in [0.717, 1.165) is 0 Å². The summed E-state index contributed by atoms with van der Waals surface area (Å²) in [4.78, 5) is 0. The number of hydrogen-bond donors (Lipinski definition) is 0. The third kappa shape index (κ3) is 1.93. The first-order valence-corrected chi connectivity index (χ1v) is 6.12. The molecule has 0 fully saturated rings. The van der Waals surface area contributed by atoms with E-state index in [-0.39, 0.29) is 0 Å². The van der Waals surface area contributed by atoms with Gasteiger partial charge in [0.05, 0.1) is 0 Å². The molecular formula is C16H20. The maximum atomic E-state index is 3.45. The van der Waals surface area contributed by atoms with Crippen molar-refractivity contribution >= 4 is 6.08 Å². The highest BCUT2D eigenvalue weighted by molar-refractivity contribution is 5.72. The van der Waals surface area contributed by atoms with Gasteiger partial charge < -0.3 is 0 Å². The van der Waals surface area contributed by atoms with E-state index in [9.17, 15) is 0 Å². The van der Waals surface area contributed by atoms with E-state index in [2.05, 4.69) is 59.2 Å². The van der Waals surface area contributed by atoms with Crippen molar-refractivity contribution in [2.24, 2.45) is 0 Å². The van der Waals surface area contributed by atoms with Gasteiger partial charge in [0.15, 0.2) is 0 Å². The van der Waals surface area contributed by atoms with Gasteiger partial charge in [0.25, 0.3) is 0 Å². The lowest BCUT2D eigenvalue weighted by Gasteiger charge is -2.16. The second kappa shape index (κ2) is 4.08. The minimum Gasteiger partial charge on any atom is -0.0596 e. The van der Waals surface area contributed by atoms with Crippen LogP contribution in [0.1, 0.15) is 68.7 Å². The molecular weight excluding hydrogens is 192 g/mol. The van der Waals surface area contributed by atoms with Crippen LogP contribution in [0.2, 0.25) is 0 Å². The zero-order chi connectivity index (χ0) is 11.9. The fourth-order valence-electron chi connectivity index (χ4n) is 2.24. The van der Waals surface area contributed by atoms with Gasteiger partial charge in [-0.15, -0.1) is 0 Å². The molecule has 0 N–H and O–H groups in total. The molecule has 2 radical (unpaired) electrons.